The Morgan fingerprint density at radius 3 is 3.04 bits per heavy atom. The zero-order valence-electron chi connectivity index (χ0n) is 12.5. The van der Waals surface area contributed by atoms with Crippen LogP contribution < -0.4 is 10.1 Å². The van der Waals surface area contributed by atoms with E-state index in [0.717, 1.165) is 4.88 Å². The molecular formula is C16H15N3O3S. The maximum Gasteiger partial charge on any atom is 0.251 e. The maximum atomic E-state index is 12.1. The van der Waals surface area contributed by atoms with Gasteiger partial charge < -0.3 is 14.6 Å². The molecule has 0 atom stereocenters. The van der Waals surface area contributed by atoms with Gasteiger partial charge in [-0.3, -0.25) is 4.79 Å². The average molecular weight is 329 g/mol. The topological polar surface area (TPSA) is 77.2 Å². The first kappa shape index (κ1) is 15.2. The Morgan fingerprint density at radius 1 is 1.35 bits per heavy atom. The van der Waals surface area contributed by atoms with Crippen molar-refractivity contribution in [1.82, 2.24) is 15.5 Å². The van der Waals surface area contributed by atoms with Crippen molar-refractivity contribution in [3.05, 3.63) is 53.2 Å². The molecule has 7 heteroatoms. The fraction of sp³-hybridized carbons (Fsp3) is 0.188. The molecule has 1 N–H and O–H groups in total. The van der Waals surface area contributed by atoms with Crippen LogP contribution in [0.15, 0.2) is 46.3 Å². The van der Waals surface area contributed by atoms with Crippen LogP contribution in [0.2, 0.25) is 0 Å². The van der Waals surface area contributed by atoms with E-state index in [9.17, 15) is 4.79 Å². The van der Waals surface area contributed by atoms with Crippen LogP contribution in [0.4, 0.5) is 0 Å². The van der Waals surface area contributed by atoms with Gasteiger partial charge >= 0.3 is 0 Å². The second-order valence-electron chi connectivity index (χ2n) is 4.73. The van der Waals surface area contributed by atoms with Gasteiger partial charge in [0.2, 0.25) is 11.7 Å². The van der Waals surface area contributed by atoms with Crippen LogP contribution in [-0.2, 0) is 6.42 Å². The van der Waals surface area contributed by atoms with E-state index < -0.39 is 0 Å². The monoisotopic (exact) mass is 329 g/mol. The number of benzene rings is 1. The highest BCUT2D eigenvalue weighted by Gasteiger charge is 2.10. The van der Waals surface area contributed by atoms with Gasteiger partial charge in [-0.25, -0.2) is 0 Å². The van der Waals surface area contributed by atoms with Crippen molar-refractivity contribution >= 4 is 17.2 Å². The SMILES string of the molecule is COc1cccc(C(=O)NCCc2nc(-c3cccs3)no2)c1. The lowest BCUT2D eigenvalue weighted by molar-refractivity contribution is 0.0953. The molecule has 0 saturated heterocycles. The summed E-state index contributed by atoms with van der Waals surface area (Å²) in [5, 5.41) is 8.71. The van der Waals surface area contributed by atoms with Gasteiger partial charge in [-0.1, -0.05) is 17.3 Å². The molecule has 0 unspecified atom stereocenters. The summed E-state index contributed by atoms with van der Waals surface area (Å²) in [6.07, 6.45) is 0.480. The van der Waals surface area contributed by atoms with Gasteiger partial charge in [0, 0.05) is 18.5 Å². The first-order chi connectivity index (χ1) is 11.3. The number of amides is 1. The van der Waals surface area contributed by atoms with Crippen LogP contribution in [0.1, 0.15) is 16.2 Å². The van der Waals surface area contributed by atoms with Gasteiger partial charge in [0.15, 0.2) is 0 Å². The van der Waals surface area contributed by atoms with Crippen molar-refractivity contribution in [2.24, 2.45) is 0 Å². The van der Waals surface area contributed by atoms with Crippen LogP contribution in [-0.4, -0.2) is 29.7 Å². The molecule has 0 aliphatic rings. The molecule has 0 aliphatic carbocycles. The second kappa shape index (κ2) is 7.06. The predicted molar refractivity (Wildman–Crippen MR) is 86.6 cm³/mol. The van der Waals surface area contributed by atoms with Crippen molar-refractivity contribution in [3.8, 4) is 16.5 Å². The summed E-state index contributed by atoms with van der Waals surface area (Å²) in [6.45, 7) is 0.419. The van der Waals surface area contributed by atoms with E-state index in [4.69, 9.17) is 9.26 Å². The number of rotatable bonds is 6. The molecule has 0 saturated carbocycles. The van der Waals surface area contributed by atoms with Crippen LogP contribution in [0, 0.1) is 0 Å². The minimum absolute atomic E-state index is 0.165. The number of hydrogen-bond acceptors (Lipinski definition) is 6. The summed E-state index contributed by atoms with van der Waals surface area (Å²) in [4.78, 5) is 17.3. The third-order valence-corrected chi connectivity index (χ3v) is 4.03. The predicted octanol–water partition coefficient (Wildman–Crippen LogP) is 2.78. The summed E-state index contributed by atoms with van der Waals surface area (Å²) in [5.74, 6) is 1.56. The molecule has 0 aliphatic heterocycles. The Kier molecular flexibility index (Phi) is 4.68. The van der Waals surface area contributed by atoms with E-state index in [0.29, 0.717) is 36.0 Å². The molecule has 2 heterocycles. The number of nitrogens with zero attached hydrogens (tertiary/aromatic N) is 2. The highest BCUT2D eigenvalue weighted by atomic mass is 32.1. The fourth-order valence-corrected chi connectivity index (χ4v) is 2.66. The molecule has 3 aromatic rings. The van der Waals surface area contributed by atoms with E-state index in [1.54, 1.807) is 42.7 Å². The molecule has 0 bridgehead atoms. The number of ether oxygens (including phenoxy) is 1. The van der Waals surface area contributed by atoms with Crippen LogP contribution in [0.5, 0.6) is 5.75 Å². The van der Waals surface area contributed by atoms with E-state index in [1.165, 1.54) is 0 Å². The fourth-order valence-electron chi connectivity index (χ4n) is 2.01. The summed E-state index contributed by atoms with van der Waals surface area (Å²) in [6, 6.07) is 10.9. The van der Waals surface area contributed by atoms with Crippen molar-refractivity contribution in [2.75, 3.05) is 13.7 Å². The van der Waals surface area contributed by atoms with Crippen molar-refractivity contribution < 1.29 is 14.1 Å². The van der Waals surface area contributed by atoms with Gasteiger partial charge in [0.1, 0.15) is 5.75 Å². The first-order valence-electron chi connectivity index (χ1n) is 7.05. The normalized spacial score (nSPS) is 10.5. The lowest BCUT2D eigenvalue weighted by atomic mass is 10.2. The van der Waals surface area contributed by atoms with Crippen LogP contribution >= 0.6 is 11.3 Å². The van der Waals surface area contributed by atoms with Crippen LogP contribution in [0.3, 0.4) is 0 Å². The van der Waals surface area contributed by atoms with Gasteiger partial charge in [0.25, 0.3) is 5.91 Å². The summed E-state index contributed by atoms with van der Waals surface area (Å²) < 4.78 is 10.3. The number of methoxy groups -OCH3 is 1. The van der Waals surface area contributed by atoms with Gasteiger partial charge in [-0.15, -0.1) is 11.3 Å². The number of carbonyl (C=O) groups excluding carboxylic acids is 1. The standard InChI is InChI=1S/C16H15N3O3S/c1-21-12-5-2-4-11(10-12)16(20)17-8-7-14-18-15(19-22-14)13-6-3-9-23-13/h2-6,9-10H,7-8H2,1H3,(H,17,20). The smallest absolute Gasteiger partial charge is 0.251 e. The van der Waals surface area contributed by atoms with Gasteiger partial charge in [-0.05, 0) is 29.6 Å². The largest absolute Gasteiger partial charge is 0.497 e. The Morgan fingerprint density at radius 2 is 2.26 bits per heavy atom. The third kappa shape index (κ3) is 3.75. The molecule has 0 spiro atoms. The third-order valence-electron chi connectivity index (χ3n) is 3.17. The van der Waals surface area contributed by atoms with Crippen molar-refractivity contribution in [2.45, 2.75) is 6.42 Å². The molecule has 0 fully saturated rings. The molecule has 2 aromatic heterocycles. The zero-order valence-corrected chi connectivity index (χ0v) is 13.3. The Balaban J connectivity index is 1.54. The van der Waals surface area contributed by atoms with E-state index >= 15 is 0 Å². The summed E-state index contributed by atoms with van der Waals surface area (Å²) >= 11 is 1.55. The summed E-state index contributed by atoms with van der Waals surface area (Å²) in [5.41, 5.74) is 0.550. The van der Waals surface area contributed by atoms with Crippen molar-refractivity contribution in [3.63, 3.8) is 0 Å². The van der Waals surface area contributed by atoms with Gasteiger partial charge in [-0.2, -0.15) is 4.98 Å². The van der Waals surface area contributed by atoms with E-state index in [1.807, 2.05) is 17.5 Å². The van der Waals surface area contributed by atoms with Crippen molar-refractivity contribution in [1.29, 1.82) is 0 Å². The molecule has 1 amide bonds. The maximum absolute atomic E-state index is 12.1. The summed E-state index contributed by atoms with van der Waals surface area (Å²) in [7, 11) is 1.57. The minimum atomic E-state index is -0.165. The Hall–Kier alpha value is -2.67. The number of thiophene rings is 1. The van der Waals surface area contributed by atoms with Gasteiger partial charge in [0.05, 0.1) is 12.0 Å². The molecule has 118 valence electrons. The molecule has 6 nitrogen and oxygen atoms in total. The van der Waals surface area contributed by atoms with E-state index in [2.05, 4.69) is 15.5 Å². The first-order valence-corrected chi connectivity index (χ1v) is 7.93. The number of nitrogens with one attached hydrogen (secondary N) is 1. The molecule has 23 heavy (non-hydrogen) atoms. The van der Waals surface area contributed by atoms with E-state index in [-0.39, 0.29) is 5.91 Å². The molecule has 0 radical (unpaired) electrons. The number of carbonyl (C=O) groups is 1. The molecule has 1 aromatic carbocycles. The highest BCUT2D eigenvalue weighted by Crippen LogP contribution is 2.21. The molecule has 3 rings (SSSR count). The highest BCUT2D eigenvalue weighted by molar-refractivity contribution is 7.13. The average Bonchev–Trinajstić information content (AvgIpc) is 3.26. The Bertz CT molecular complexity index is 783. The quantitative estimate of drug-likeness (QED) is 0.752. The second-order valence-corrected chi connectivity index (χ2v) is 5.67. The lowest BCUT2D eigenvalue weighted by Crippen LogP contribution is -2.25. The zero-order chi connectivity index (χ0) is 16.1. The minimum Gasteiger partial charge on any atom is -0.497 e. The van der Waals surface area contributed by atoms with Crippen LogP contribution in [0.25, 0.3) is 10.7 Å². The Labute approximate surface area is 137 Å². The lowest BCUT2D eigenvalue weighted by Gasteiger charge is -2.05. The number of hydrogen-bond donors (Lipinski definition) is 1. The number of aromatic nitrogens is 2. The molecular weight excluding hydrogens is 314 g/mol.